The van der Waals surface area contributed by atoms with E-state index in [2.05, 4.69) is 5.32 Å². The van der Waals surface area contributed by atoms with E-state index in [0.29, 0.717) is 13.0 Å². The predicted octanol–water partition coefficient (Wildman–Crippen LogP) is 1.55. The van der Waals surface area contributed by atoms with E-state index >= 15 is 0 Å². The lowest BCUT2D eigenvalue weighted by atomic mass is 10.1. The lowest BCUT2D eigenvalue weighted by Crippen LogP contribution is -2.61. The Balaban J connectivity index is 1.74. The molecule has 7 nitrogen and oxygen atoms in total. The Morgan fingerprint density at radius 2 is 1.93 bits per heavy atom. The van der Waals surface area contributed by atoms with Crippen LogP contribution in [0.25, 0.3) is 0 Å². The van der Waals surface area contributed by atoms with Crippen molar-refractivity contribution in [2.75, 3.05) is 32.1 Å². The smallest absolute Gasteiger partial charge is 0.244 e. The number of nitrogens with one attached hydrogen (secondary N) is 1. The summed E-state index contributed by atoms with van der Waals surface area (Å²) in [6.07, 6.45) is 0.626. The number of hydrogen-bond donors (Lipinski definition) is 1. The molecule has 0 bridgehead atoms. The van der Waals surface area contributed by atoms with Crippen molar-refractivity contribution >= 4 is 44.8 Å². The second-order valence-electron chi connectivity index (χ2n) is 6.59. The Kier molecular flexibility index (Phi) is 7.28. The molecular weight excluding hydrogens is 434 g/mol. The fourth-order valence-corrected chi connectivity index (χ4v) is 5.96. The van der Waals surface area contributed by atoms with Gasteiger partial charge in [-0.1, -0.05) is 30.3 Å². The average molecular weight is 456 g/mol. The van der Waals surface area contributed by atoms with Gasteiger partial charge in [-0.3, -0.25) is 9.59 Å². The summed E-state index contributed by atoms with van der Waals surface area (Å²) in [7, 11) is -3.83. The lowest BCUT2D eigenvalue weighted by Gasteiger charge is -2.39. The molecule has 0 radical (unpaired) electrons. The molecule has 1 aliphatic heterocycles. The van der Waals surface area contributed by atoms with E-state index in [-0.39, 0.29) is 36.3 Å². The zero-order valence-corrected chi connectivity index (χ0v) is 18.0. The van der Waals surface area contributed by atoms with Crippen molar-refractivity contribution in [1.82, 2.24) is 14.5 Å². The molecule has 2 amide bonds. The van der Waals surface area contributed by atoms with Gasteiger partial charge >= 0.3 is 0 Å². The van der Waals surface area contributed by atoms with Gasteiger partial charge in [0.25, 0.3) is 0 Å². The number of alkyl halides is 1. The highest BCUT2D eigenvalue weighted by Gasteiger charge is 2.41. The van der Waals surface area contributed by atoms with Crippen LogP contribution in [-0.2, 0) is 26.0 Å². The molecule has 1 atom stereocenters. The van der Waals surface area contributed by atoms with E-state index < -0.39 is 22.0 Å². The molecule has 0 spiro atoms. The van der Waals surface area contributed by atoms with Crippen LogP contribution in [0, 0.1) is 0 Å². The number of halogens is 1. The summed E-state index contributed by atoms with van der Waals surface area (Å²) in [5, 5.41) is 6.03. The second-order valence-corrected chi connectivity index (χ2v) is 9.53. The molecule has 1 fully saturated rings. The summed E-state index contributed by atoms with van der Waals surface area (Å²) in [4.78, 5) is 26.5. The Bertz CT molecular complexity index is 936. The van der Waals surface area contributed by atoms with Gasteiger partial charge in [-0.2, -0.15) is 15.6 Å². The summed E-state index contributed by atoms with van der Waals surface area (Å²) in [6, 6.07) is 10.2. The zero-order chi connectivity index (χ0) is 20.9. The molecule has 10 heteroatoms. The van der Waals surface area contributed by atoms with Crippen LogP contribution in [0.1, 0.15) is 5.56 Å². The number of carbonyl (C=O) groups excluding carboxylic acids is 2. The fraction of sp³-hybridized carbons (Fsp3) is 0.368. The van der Waals surface area contributed by atoms with Crippen molar-refractivity contribution in [3.63, 3.8) is 0 Å². The summed E-state index contributed by atoms with van der Waals surface area (Å²) in [5.41, 5.74) is 1.07. The topological polar surface area (TPSA) is 86.8 Å². The van der Waals surface area contributed by atoms with Crippen LogP contribution in [0.5, 0.6) is 0 Å². The minimum atomic E-state index is -3.83. The highest BCUT2D eigenvalue weighted by atomic mass is 35.5. The first-order chi connectivity index (χ1) is 13.9. The standard InChI is InChI=1S/C19H22ClN3O4S2/c20-12-18(24)22-9-10-23(29(26,27)16-7-11-28-14-16)17(13-22)19(25)21-8-6-15-4-2-1-3-5-15/h1-5,7,11,14,17H,6,8-10,12-13H2,(H,21,25)/t17-/m1/s1. The van der Waals surface area contributed by atoms with Gasteiger partial charge < -0.3 is 10.2 Å². The molecule has 2 aromatic rings. The zero-order valence-electron chi connectivity index (χ0n) is 15.7. The van der Waals surface area contributed by atoms with Gasteiger partial charge in [0.05, 0.1) is 4.90 Å². The molecule has 1 aromatic carbocycles. The van der Waals surface area contributed by atoms with Crippen molar-refractivity contribution < 1.29 is 18.0 Å². The molecule has 1 N–H and O–H groups in total. The van der Waals surface area contributed by atoms with Crippen molar-refractivity contribution in [3.05, 3.63) is 52.7 Å². The molecule has 0 saturated carbocycles. The van der Waals surface area contributed by atoms with E-state index in [1.54, 1.807) is 5.38 Å². The minimum Gasteiger partial charge on any atom is -0.354 e. The van der Waals surface area contributed by atoms with Crippen molar-refractivity contribution in [3.8, 4) is 0 Å². The first-order valence-corrected chi connectivity index (χ1v) is 12.0. The first-order valence-electron chi connectivity index (χ1n) is 9.13. The number of rotatable bonds is 7. The van der Waals surface area contributed by atoms with E-state index in [9.17, 15) is 18.0 Å². The maximum atomic E-state index is 13.0. The van der Waals surface area contributed by atoms with Gasteiger partial charge in [-0.15, -0.1) is 11.6 Å². The van der Waals surface area contributed by atoms with Gasteiger partial charge in [0.1, 0.15) is 11.9 Å². The summed E-state index contributed by atoms with van der Waals surface area (Å²) >= 11 is 6.92. The van der Waals surface area contributed by atoms with Crippen LogP contribution in [-0.4, -0.2) is 67.5 Å². The third-order valence-electron chi connectivity index (χ3n) is 4.76. The molecule has 29 heavy (non-hydrogen) atoms. The monoisotopic (exact) mass is 455 g/mol. The van der Waals surface area contributed by atoms with Gasteiger partial charge in [0.15, 0.2) is 0 Å². The van der Waals surface area contributed by atoms with E-state index in [1.165, 1.54) is 32.0 Å². The fourth-order valence-electron chi connectivity index (χ4n) is 3.21. The van der Waals surface area contributed by atoms with Crippen molar-refractivity contribution in [2.24, 2.45) is 0 Å². The Morgan fingerprint density at radius 3 is 2.59 bits per heavy atom. The number of thiophene rings is 1. The predicted molar refractivity (Wildman–Crippen MR) is 112 cm³/mol. The molecule has 156 valence electrons. The molecule has 1 aromatic heterocycles. The maximum absolute atomic E-state index is 13.0. The SMILES string of the molecule is O=C(NCCc1ccccc1)[C@H]1CN(C(=O)CCl)CCN1S(=O)(=O)c1ccsc1. The van der Waals surface area contributed by atoms with Gasteiger partial charge in [-0.25, -0.2) is 8.42 Å². The van der Waals surface area contributed by atoms with Crippen molar-refractivity contribution in [2.45, 2.75) is 17.4 Å². The van der Waals surface area contributed by atoms with Crippen LogP contribution >= 0.6 is 22.9 Å². The molecule has 3 rings (SSSR count). The molecule has 1 aliphatic rings. The molecule has 2 heterocycles. The molecule has 1 saturated heterocycles. The largest absolute Gasteiger partial charge is 0.354 e. The summed E-state index contributed by atoms with van der Waals surface area (Å²) in [6.45, 7) is 0.585. The minimum absolute atomic E-state index is 0.0217. The van der Waals surface area contributed by atoms with E-state index in [0.717, 1.165) is 5.56 Å². The number of amides is 2. The van der Waals surface area contributed by atoms with Crippen LogP contribution in [0.4, 0.5) is 0 Å². The third kappa shape index (κ3) is 5.16. The van der Waals surface area contributed by atoms with Crippen LogP contribution in [0.15, 0.2) is 52.1 Å². The number of piperazine rings is 1. The number of nitrogens with zero attached hydrogens (tertiary/aromatic N) is 2. The third-order valence-corrected chi connectivity index (χ3v) is 7.72. The Morgan fingerprint density at radius 1 is 1.17 bits per heavy atom. The van der Waals surface area contributed by atoms with E-state index in [1.807, 2.05) is 30.3 Å². The number of benzene rings is 1. The second kappa shape index (κ2) is 9.71. The van der Waals surface area contributed by atoms with Gasteiger partial charge in [0.2, 0.25) is 21.8 Å². The highest BCUT2D eigenvalue weighted by molar-refractivity contribution is 7.89. The summed E-state index contributed by atoms with van der Waals surface area (Å²) < 4.78 is 27.2. The van der Waals surface area contributed by atoms with Crippen LogP contribution < -0.4 is 5.32 Å². The first kappa shape index (κ1) is 21.8. The highest BCUT2D eigenvalue weighted by Crippen LogP contribution is 2.23. The Hall–Kier alpha value is -1.94. The van der Waals surface area contributed by atoms with Gasteiger partial charge in [-0.05, 0) is 23.4 Å². The number of carbonyl (C=O) groups is 2. The quantitative estimate of drug-likeness (QED) is 0.642. The molecule has 0 aliphatic carbocycles. The van der Waals surface area contributed by atoms with Crippen LogP contribution in [0.3, 0.4) is 0 Å². The van der Waals surface area contributed by atoms with Crippen molar-refractivity contribution in [1.29, 1.82) is 0 Å². The molecule has 0 unspecified atom stereocenters. The molecular formula is C19H22ClN3O4S2. The number of hydrogen-bond acceptors (Lipinski definition) is 5. The van der Waals surface area contributed by atoms with Gasteiger partial charge in [0, 0.05) is 31.6 Å². The lowest BCUT2D eigenvalue weighted by molar-refractivity contribution is -0.134. The van der Waals surface area contributed by atoms with E-state index in [4.69, 9.17) is 11.6 Å². The Labute approximate surface area is 179 Å². The van der Waals surface area contributed by atoms with Crippen LogP contribution in [0.2, 0.25) is 0 Å². The normalized spacial score (nSPS) is 17.8. The maximum Gasteiger partial charge on any atom is 0.244 e. The summed E-state index contributed by atoms with van der Waals surface area (Å²) in [5.74, 6) is -0.951. The number of sulfonamides is 1. The average Bonchev–Trinajstić information content (AvgIpc) is 3.29.